The van der Waals surface area contributed by atoms with Gasteiger partial charge in [-0.1, -0.05) is 6.07 Å². The number of benzene rings is 1. The molecular formula is C20H23FN2O3. The topological polar surface area (TPSA) is 62.7 Å². The summed E-state index contributed by atoms with van der Waals surface area (Å²) in [6.45, 7) is 1.79. The highest BCUT2D eigenvalue weighted by molar-refractivity contribution is 5.95. The Labute approximate surface area is 152 Å². The smallest absolute Gasteiger partial charge is 0.255 e. The lowest BCUT2D eigenvalue weighted by atomic mass is 9.88. The van der Waals surface area contributed by atoms with Crippen molar-refractivity contribution in [3.8, 4) is 5.75 Å². The molecule has 1 aliphatic carbocycles. The van der Waals surface area contributed by atoms with Crippen molar-refractivity contribution in [1.82, 2.24) is 9.88 Å². The summed E-state index contributed by atoms with van der Waals surface area (Å²) in [4.78, 5) is 18.5. The summed E-state index contributed by atoms with van der Waals surface area (Å²) >= 11 is 0. The number of pyridine rings is 1. The van der Waals surface area contributed by atoms with E-state index in [-0.39, 0.29) is 17.8 Å². The van der Waals surface area contributed by atoms with Gasteiger partial charge in [0.2, 0.25) is 0 Å². The number of halogens is 1. The third-order valence-corrected chi connectivity index (χ3v) is 4.90. The Hall–Kier alpha value is -2.47. The zero-order valence-electron chi connectivity index (χ0n) is 14.9. The number of aliphatic hydroxyl groups is 1. The van der Waals surface area contributed by atoms with Gasteiger partial charge in [-0.15, -0.1) is 0 Å². The lowest BCUT2D eigenvalue weighted by Crippen LogP contribution is -2.53. The molecule has 0 bridgehead atoms. The number of hydrogen-bond acceptors (Lipinski definition) is 4. The molecule has 1 heterocycles. The van der Waals surface area contributed by atoms with Gasteiger partial charge in [0.15, 0.2) is 0 Å². The van der Waals surface area contributed by atoms with E-state index in [0.29, 0.717) is 29.8 Å². The second-order valence-corrected chi connectivity index (χ2v) is 6.65. The average molecular weight is 358 g/mol. The fraction of sp³-hybridized carbons (Fsp3) is 0.400. The highest BCUT2D eigenvalue weighted by atomic mass is 19.1. The fourth-order valence-electron chi connectivity index (χ4n) is 3.43. The standard InChI is InChI=1S/C20H23FN2O3/c1-13-16(8-5-11-22-13)20(25)23(2)17-9-4-10-18(19(17)24)26-15-7-3-6-14(21)12-15/h3,5-8,11-12,17-19,24H,4,9-10H2,1-2H3/t17-,18+,19+/m1/s1. The number of hydrogen-bond donors (Lipinski definition) is 1. The molecule has 1 aliphatic rings. The second-order valence-electron chi connectivity index (χ2n) is 6.65. The molecule has 6 heteroatoms. The number of likely N-dealkylation sites (N-methyl/N-ethyl adjacent to an activating group) is 1. The molecule has 1 amide bonds. The maximum absolute atomic E-state index is 13.4. The monoisotopic (exact) mass is 358 g/mol. The molecule has 1 aromatic carbocycles. The van der Waals surface area contributed by atoms with Gasteiger partial charge in [-0.3, -0.25) is 9.78 Å². The number of aryl methyl sites for hydroxylation is 1. The Morgan fingerprint density at radius 2 is 2.12 bits per heavy atom. The summed E-state index contributed by atoms with van der Waals surface area (Å²) in [6, 6.07) is 8.96. The van der Waals surface area contributed by atoms with Gasteiger partial charge in [-0.2, -0.15) is 0 Å². The van der Waals surface area contributed by atoms with Gasteiger partial charge in [0.25, 0.3) is 5.91 Å². The summed E-state index contributed by atoms with van der Waals surface area (Å²) in [5.74, 6) is -0.179. The van der Waals surface area contributed by atoms with Gasteiger partial charge in [0.05, 0.1) is 11.6 Å². The van der Waals surface area contributed by atoms with Crippen molar-refractivity contribution in [3.05, 3.63) is 59.7 Å². The fourth-order valence-corrected chi connectivity index (χ4v) is 3.43. The molecule has 2 aromatic rings. The van der Waals surface area contributed by atoms with Crippen LogP contribution in [0.25, 0.3) is 0 Å². The van der Waals surface area contributed by atoms with E-state index in [1.807, 2.05) is 0 Å². The zero-order chi connectivity index (χ0) is 18.7. The van der Waals surface area contributed by atoms with Crippen molar-refractivity contribution in [2.75, 3.05) is 7.05 Å². The minimum absolute atomic E-state index is 0.175. The molecular weight excluding hydrogens is 335 g/mol. The summed E-state index contributed by atoms with van der Waals surface area (Å²) in [7, 11) is 1.69. The minimum atomic E-state index is -0.849. The van der Waals surface area contributed by atoms with Crippen LogP contribution in [-0.2, 0) is 0 Å². The largest absolute Gasteiger partial charge is 0.488 e. The summed E-state index contributed by atoms with van der Waals surface area (Å²) < 4.78 is 19.2. The Balaban J connectivity index is 1.73. The van der Waals surface area contributed by atoms with Gasteiger partial charge in [0.1, 0.15) is 23.8 Å². The molecule has 0 unspecified atom stereocenters. The lowest BCUT2D eigenvalue weighted by molar-refractivity contribution is -0.0413. The molecule has 3 atom stereocenters. The van der Waals surface area contributed by atoms with Crippen molar-refractivity contribution >= 4 is 5.91 Å². The number of carbonyl (C=O) groups is 1. The number of carbonyl (C=O) groups excluding carboxylic acids is 1. The van der Waals surface area contributed by atoms with Crippen molar-refractivity contribution in [2.24, 2.45) is 0 Å². The molecule has 0 aliphatic heterocycles. The van der Waals surface area contributed by atoms with E-state index in [1.165, 1.54) is 12.1 Å². The van der Waals surface area contributed by atoms with Crippen LogP contribution < -0.4 is 4.74 Å². The molecule has 3 rings (SSSR count). The molecule has 5 nitrogen and oxygen atoms in total. The van der Waals surface area contributed by atoms with Crippen molar-refractivity contribution in [2.45, 2.75) is 44.4 Å². The van der Waals surface area contributed by atoms with Crippen molar-refractivity contribution < 1.29 is 19.0 Å². The Kier molecular flexibility index (Phi) is 5.52. The van der Waals surface area contributed by atoms with Crippen LogP contribution in [0.2, 0.25) is 0 Å². The number of ether oxygens (including phenoxy) is 1. The van der Waals surface area contributed by atoms with E-state index in [4.69, 9.17) is 4.74 Å². The van der Waals surface area contributed by atoms with E-state index in [2.05, 4.69) is 4.98 Å². The van der Waals surface area contributed by atoms with Gasteiger partial charge in [0, 0.05) is 25.0 Å². The van der Waals surface area contributed by atoms with Crippen LogP contribution in [0, 0.1) is 12.7 Å². The predicted molar refractivity (Wildman–Crippen MR) is 95.5 cm³/mol. The van der Waals surface area contributed by atoms with Crippen LogP contribution in [0.1, 0.15) is 35.3 Å². The maximum Gasteiger partial charge on any atom is 0.255 e. The molecule has 1 fully saturated rings. The molecule has 26 heavy (non-hydrogen) atoms. The van der Waals surface area contributed by atoms with E-state index in [9.17, 15) is 14.3 Å². The number of aromatic nitrogens is 1. The number of nitrogens with zero attached hydrogens (tertiary/aromatic N) is 2. The van der Waals surface area contributed by atoms with Crippen LogP contribution >= 0.6 is 0 Å². The highest BCUT2D eigenvalue weighted by Gasteiger charge is 2.37. The van der Waals surface area contributed by atoms with E-state index >= 15 is 0 Å². The Morgan fingerprint density at radius 3 is 2.85 bits per heavy atom. The van der Waals surface area contributed by atoms with Crippen LogP contribution in [0.5, 0.6) is 5.75 Å². The molecule has 1 aromatic heterocycles. The van der Waals surface area contributed by atoms with Crippen LogP contribution in [0.3, 0.4) is 0 Å². The van der Waals surface area contributed by atoms with Gasteiger partial charge in [-0.05, 0) is 50.5 Å². The lowest BCUT2D eigenvalue weighted by Gasteiger charge is -2.39. The van der Waals surface area contributed by atoms with Crippen LogP contribution in [0.15, 0.2) is 42.6 Å². The van der Waals surface area contributed by atoms with Crippen LogP contribution in [0.4, 0.5) is 4.39 Å². The predicted octanol–water partition coefficient (Wildman–Crippen LogP) is 2.96. The Bertz CT molecular complexity index is 783. The maximum atomic E-state index is 13.4. The molecule has 1 N–H and O–H groups in total. The first-order valence-electron chi connectivity index (χ1n) is 8.76. The summed E-state index contributed by atoms with van der Waals surface area (Å²) in [5, 5.41) is 10.8. The first kappa shape index (κ1) is 18.3. The van der Waals surface area contributed by atoms with E-state index in [1.54, 1.807) is 49.3 Å². The van der Waals surface area contributed by atoms with Gasteiger partial charge < -0.3 is 14.7 Å². The third kappa shape index (κ3) is 3.85. The number of amides is 1. The molecule has 138 valence electrons. The summed E-state index contributed by atoms with van der Waals surface area (Å²) in [6.07, 6.45) is 2.46. The van der Waals surface area contributed by atoms with E-state index in [0.717, 1.165) is 6.42 Å². The van der Waals surface area contributed by atoms with E-state index < -0.39 is 12.2 Å². The highest BCUT2D eigenvalue weighted by Crippen LogP contribution is 2.28. The normalized spacial score (nSPS) is 22.7. The average Bonchev–Trinajstić information content (AvgIpc) is 2.63. The summed E-state index contributed by atoms with van der Waals surface area (Å²) in [5.41, 5.74) is 1.18. The SMILES string of the molecule is Cc1ncccc1C(=O)N(C)[C@@H]1CCC[C@H](Oc2cccc(F)c2)[C@H]1O. The molecule has 0 spiro atoms. The minimum Gasteiger partial charge on any atom is -0.488 e. The van der Waals surface area contributed by atoms with Gasteiger partial charge >= 0.3 is 0 Å². The quantitative estimate of drug-likeness (QED) is 0.913. The van der Waals surface area contributed by atoms with Crippen molar-refractivity contribution in [1.29, 1.82) is 0 Å². The third-order valence-electron chi connectivity index (χ3n) is 4.90. The zero-order valence-corrected chi connectivity index (χ0v) is 14.9. The first-order chi connectivity index (χ1) is 12.5. The molecule has 0 radical (unpaired) electrons. The molecule has 1 saturated carbocycles. The van der Waals surface area contributed by atoms with Gasteiger partial charge in [-0.25, -0.2) is 4.39 Å². The Morgan fingerprint density at radius 1 is 1.31 bits per heavy atom. The second kappa shape index (κ2) is 7.83. The van der Waals surface area contributed by atoms with Crippen molar-refractivity contribution in [3.63, 3.8) is 0 Å². The number of rotatable bonds is 4. The van der Waals surface area contributed by atoms with Crippen LogP contribution in [-0.4, -0.2) is 46.2 Å². The number of aliphatic hydroxyl groups excluding tert-OH is 1. The first-order valence-corrected chi connectivity index (χ1v) is 8.76. The molecule has 0 saturated heterocycles.